The molecular weight excluding hydrogens is 351 g/mol. The summed E-state index contributed by atoms with van der Waals surface area (Å²) in [6.07, 6.45) is 4.06. The van der Waals surface area contributed by atoms with E-state index in [0.29, 0.717) is 17.5 Å². The molecule has 0 saturated heterocycles. The van der Waals surface area contributed by atoms with E-state index in [1.54, 1.807) is 7.05 Å². The summed E-state index contributed by atoms with van der Waals surface area (Å²) in [6.45, 7) is 4.84. The van der Waals surface area contributed by atoms with Gasteiger partial charge in [-0.1, -0.05) is 18.2 Å². The van der Waals surface area contributed by atoms with Crippen LogP contribution in [-0.2, 0) is 13.6 Å². The van der Waals surface area contributed by atoms with Gasteiger partial charge in [0.1, 0.15) is 0 Å². The number of rotatable bonds is 4. The third kappa shape index (κ3) is 6.58. The Labute approximate surface area is 124 Å². The molecule has 2 N–H and O–H groups in total. The van der Waals surface area contributed by atoms with Crippen LogP contribution in [0.3, 0.4) is 0 Å². The van der Waals surface area contributed by atoms with Crippen molar-refractivity contribution in [1.82, 2.24) is 15.2 Å². The Hall–Kier alpha value is -0.690. The first-order chi connectivity index (χ1) is 7.61. The van der Waals surface area contributed by atoms with Crippen LogP contribution in [0.2, 0.25) is 0 Å². The molecule has 4 nitrogen and oxygen atoms in total. The zero-order chi connectivity index (χ0) is 12.0. The van der Waals surface area contributed by atoms with E-state index in [9.17, 15) is 0 Å². The van der Waals surface area contributed by atoms with Gasteiger partial charge >= 0.3 is 0 Å². The summed E-state index contributed by atoms with van der Waals surface area (Å²) in [7, 11) is 3.71. The minimum absolute atomic E-state index is 0. The van der Waals surface area contributed by atoms with Gasteiger partial charge in [-0.2, -0.15) is 0 Å². The van der Waals surface area contributed by atoms with Crippen molar-refractivity contribution in [3.8, 4) is 0 Å². The highest BCUT2D eigenvalue weighted by Crippen LogP contribution is 1.98. The third-order valence-electron chi connectivity index (χ3n) is 2.02. The van der Waals surface area contributed by atoms with Gasteiger partial charge in [0.15, 0.2) is 5.96 Å². The minimum atomic E-state index is 0. The summed E-state index contributed by atoms with van der Waals surface area (Å²) < 4.78 is 2.01. The molecule has 0 saturated carbocycles. The van der Waals surface area contributed by atoms with E-state index in [4.69, 9.17) is 11.6 Å². The number of aromatic nitrogens is 1. The average Bonchev–Trinajstić information content (AvgIpc) is 2.64. The highest BCUT2D eigenvalue weighted by atomic mass is 127. The molecular formula is C11H18ClIN4. The normalized spacial score (nSPS) is 10.6. The third-order valence-corrected chi connectivity index (χ3v) is 2.16. The van der Waals surface area contributed by atoms with Crippen molar-refractivity contribution >= 4 is 41.5 Å². The van der Waals surface area contributed by atoms with E-state index in [0.717, 1.165) is 6.54 Å². The van der Waals surface area contributed by atoms with Gasteiger partial charge in [-0.05, 0) is 11.6 Å². The smallest absolute Gasteiger partial charge is 0.191 e. The van der Waals surface area contributed by atoms with Crippen LogP contribution in [0.1, 0.15) is 5.56 Å². The number of aliphatic imine (C=N–C) groups is 1. The molecule has 17 heavy (non-hydrogen) atoms. The Bertz CT molecular complexity index is 387. The fourth-order valence-corrected chi connectivity index (χ4v) is 1.32. The zero-order valence-electron chi connectivity index (χ0n) is 10.0. The number of aryl methyl sites for hydroxylation is 1. The van der Waals surface area contributed by atoms with Crippen molar-refractivity contribution < 1.29 is 0 Å². The fraction of sp³-hybridized carbons (Fsp3) is 0.364. The van der Waals surface area contributed by atoms with Crippen molar-refractivity contribution in [3.63, 3.8) is 0 Å². The lowest BCUT2D eigenvalue weighted by Gasteiger charge is -2.10. The SMILES string of the molecule is C=C(Cl)CNC(=NC)NCc1ccn(C)c1.I. The molecule has 0 fully saturated rings. The standard InChI is InChI=1S/C11H17ClN4.HI/c1-9(12)6-14-11(13-2)15-7-10-4-5-16(3)8-10;/h4-5,8H,1,6-7H2,2-3H3,(H2,13,14,15);1H. The molecule has 1 heterocycles. The summed E-state index contributed by atoms with van der Waals surface area (Å²) in [6, 6.07) is 2.06. The molecule has 0 unspecified atom stereocenters. The molecule has 6 heteroatoms. The van der Waals surface area contributed by atoms with Crippen LogP contribution in [0.25, 0.3) is 0 Å². The molecule has 0 radical (unpaired) electrons. The zero-order valence-corrected chi connectivity index (χ0v) is 13.1. The number of nitrogens with one attached hydrogen (secondary N) is 2. The van der Waals surface area contributed by atoms with Gasteiger partial charge in [0.25, 0.3) is 0 Å². The minimum Gasteiger partial charge on any atom is -0.357 e. The van der Waals surface area contributed by atoms with E-state index in [1.807, 2.05) is 17.8 Å². The first-order valence-electron chi connectivity index (χ1n) is 5.00. The summed E-state index contributed by atoms with van der Waals surface area (Å²) in [5.74, 6) is 0.714. The Morgan fingerprint density at radius 2 is 2.24 bits per heavy atom. The first kappa shape index (κ1) is 16.3. The van der Waals surface area contributed by atoms with E-state index in [-0.39, 0.29) is 24.0 Å². The van der Waals surface area contributed by atoms with Crippen molar-refractivity contribution in [2.75, 3.05) is 13.6 Å². The average molecular weight is 369 g/mol. The maximum atomic E-state index is 5.66. The lowest BCUT2D eigenvalue weighted by atomic mass is 10.3. The predicted octanol–water partition coefficient (Wildman–Crippen LogP) is 2.06. The number of nitrogens with zero attached hydrogens (tertiary/aromatic N) is 2. The number of guanidine groups is 1. The maximum absolute atomic E-state index is 5.66. The number of hydrogen-bond acceptors (Lipinski definition) is 1. The monoisotopic (exact) mass is 368 g/mol. The van der Waals surface area contributed by atoms with Crippen LogP contribution in [0.5, 0.6) is 0 Å². The van der Waals surface area contributed by atoms with E-state index >= 15 is 0 Å². The lowest BCUT2D eigenvalue weighted by Crippen LogP contribution is -2.37. The summed E-state index contributed by atoms with van der Waals surface area (Å²) in [5, 5.41) is 6.78. The molecule has 0 aromatic carbocycles. The van der Waals surface area contributed by atoms with Crippen LogP contribution in [0.15, 0.2) is 35.1 Å². The summed E-state index contributed by atoms with van der Waals surface area (Å²) >= 11 is 5.66. The van der Waals surface area contributed by atoms with Crippen molar-refractivity contribution in [1.29, 1.82) is 0 Å². The highest BCUT2D eigenvalue weighted by molar-refractivity contribution is 14.0. The Morgan fingerprint density at radius 3 is 2.71 bits per heavy atom. The largest absolute Gasteiger partial charge is 0.357 e. The lowest BCUT2D eigenvalue weighted by molar-refractivity contribution is 0.837. The maximum Gasteiger partial charge on any atom is 0.191 e. The molecule has 0 aliphatic heterocycles. The fourth-order valence-electron chi connectivity index (χ4n) is 1.25. The molecule has 96 valence electrons. The molecule has 1 rings (SSSR count). The molecule has 0 amide bonds. The van der Waals surface area contributed by atoms with E-state index in [1.165, 1.54) is 5.56 Å². The van der Waals surface area contributed by atoms with Gasteiger partial charge in [0.2, 0.25) is 0 Å². The van der Waals surface area contributed by atoms with Gasteiger partial charge in [-0.25, -0.2) is 0 Å². The van der Waals surface area contributed by atoms with Crippen LogP contribution in [0.4, 0.5) is 0 Å². The first-order valence-corrected chi connectivity index (χ1v) is 5.38. The molecule has 1 aromatic heterocycles. The summed E-state index contributed by atoms with van der Waals surface area (Å²) in [4.78, 5) is 4.07. The van der Waals surface area contributed by atoms with Gasteiger partial charge in [-0.3, -0.25) is 4.99 Å². The van der Waals surface area contributed by atoms with Crippen LogP contribution >= 0.6 is 35.6 Å². The second kappa shape index (κ2) is 8.41. The van der Waals surface area contributed by atoms with Gasteiger partial charge in [0, 0.05) is 38.1 Å². The molecule has 0 bridgehead atoms. The highest BCUT2D eigenvalue weighted by Gasteiger charge is 1.99. The second-order valence-corrected chi connectivity index (χ2v) is 4.02. The quantitative estimate of drug-likeness (QED) is 0.485. The molecule has 0 aliphatic rings. The van der Waals surface area contributed by atoms with E-state index in [2.05, 4.69) is 34.5 Å². The molecule has 0 aliphatic carbocycles. The Morgan fingerprint density at radius 1 is 1.53 bits per heavy atom. The molecule has 1 aromatic rings. The number of hydrogen-bond donors (Lipinski definition) is 2. The predicted molar refractivity (Wildman–Crippen MR) is 84.0 cm³/mol. The molecule has 0 spiro atoms. The summed E-state index contributed by atoms with van der Waals surface area (Å²) in [5.41, 5.74) is 1.20. The Balaban J connectivity index is 0.00000256. The van der Waals surface area contributed by atoms with E-state index < -0.39 is 0 Å². The number of halogens is 2. The van der Waals surface area contributed by atoms with Crippen molar-refractivity contribution in [2.24, 2.45) is 12.0 Å². The van der Waals surface area contributed by atoms with Gasteiger partial charge in [0.05, 0.1) is 6.54 Å². The van der Waals surface area contributed by atoms with Crippen LogP contribution < -0.4 is 10.6 Å². The second-order valence-electron chi connectivity index (χ2n) is 3.48. The van der Waals surface area contributed by atoms with Crippen LogP contribution in [0, 0.1) is 0 Å². The topological polar surface area (TPSA) is 41.4 Å². The van der Waals surface area contributed by atoms with Gasteiger partial charge in [-0.15, -0.1) is 24.0 Å². The van der Waals surface area contributed by atoms with Gasteiger partial charge < -0.3 is 15.2 Å². The van der Waals surface area contributed by atoms with Crippen molar-refractivity contribution in [2.45, 2.75) is 6.54 Å². The Kier molecular flexibility index (Phi) is 8.07. The van der Waals surface area contributed by atoms with Crippen molar-refractivity contribution in [3.05, 3.63) is 35.6 Å². The molecule has 0 atom stereocenters. The van der Waals surface area contributed by atoms with Crippen LogP contribution in [-0.4, -0.2) is 24.1 Å².